The fourth-order valence-electron chi connectivity index (χ4n) is 1.60. The van der Waals surface area contributed by atoms with Crippen LogP contribution in [0.4, 0.5) is 0 Å². The summed E-state index contributed by atoms with van der Waals surface area (Å²) in [6, 6.07) is 9.61. The lowest BCUT2D eigenvalue weighted by molar-refractivity contribution is 0.0702. The van der Waals surface area contributed by atoms with E-state index >= 15 is 0 Å². The quantitative estimate of drug-likeness (QED) is 0.845. The smallest absolute Gasteiger partial charge is 0.345 e. The standard InChI is InChI=1S/C14H14O3S2/c1-9-10(7-13(19-9)14(15)16)8-18-12-5-3-11(17-2)4-6-12/h3-7H,8H2,1-2H3,(H,15,16). The van der Waals surface area contributed by atoms with E-state index in [0.29, 0.717) is 4.88 Å². The average Bonchev–Trinajstić information content (AvgIpc) is 2.79. The van der Waals surface area contributed by atoms with Crippen LogP contribution in [0.5, 0.6) is 5.75 Å². The first kappa shape index (κ1) is 14.0. The third-order valence-electron chi connectivity index (χ3n) is 2.69. The summed E-state index contributed by atoms with van der Waals surface area (Å²) in [6.07, 6.45) is 0. The Morgan fingerprint density at radius 3 is 2.58 bits per heavy atom. The lowest BCUT2D eigenvalue weighted by atomic mass is 10.3. The molecule has 3 nitrogen and oxygen atoms in total. The molecule has 0 aliphatic rings. The molecule has 2 rings (SSSR count). The van der Waals surface area contributed by atoms with Gasteiger partial charge in [-0.05, 0) is 42.8 Å². The van der Waals surface area contributed by atoms with Crippen molar-refractivity contribution in [2.75, 3.05) is 7.11 Å². The summed E-state index contributed by atoms with van der Waals surface area (Å²) in [4.78, 5) is 13.5. The zero-order valence-corrected chi connectivity index (χ0v) is 12.3. The van der Waals surface area contributed by atoms with Crippen LogP contribution in [0.15, 0.2) is 35.2 Å². The van der Waals surface area contributed by atoms with E-state index in [0.717, 1.165) is 26.8 Å². The van der Waals surface area contributed by atoms with Crippen molar-refractivity contribution in [2.45, 2.75) is 17.6 Å². The first-order valence-electron chi connectivity index (χ1n) is 5.69. The number of rotatable bonds is 5. The van der Waals surface area contributed by atoms with E-state index in [-0.39, 0.29) is 0 Å². The minimum atomic E-state index is -0.853. The molecule has 0 fully saturated rings. The molecule has 0 amide bonds. The molecule has 0 saturated heterocycles. The minimum Gasteiger partial charge on any atom is -0.497 e. The summed E-state index contributed by atoms with van der Waals surface area (Å²) in [5.41, 5.74) is 1.09. The summed E-state index contributed by atoms with van der Waals surface area (Å²) in [5, 5.41) is 8.96. The van der Waals surface area contributed by atoms with Crippen LogP contribution >= 0.6 is 23.1 Å². The molecule has 1 aromatic heterocycles. The lowest BCUT2D eigenvalue weighted by Gasteiger charge is -2.03. The van der Waals surface area contributed by atoms with E-state index in [1.807, 2.05) is 31.2 Å². The number of ether oxygens (including phenoxy) is 1. The Bertz CT molecular complexity index is 573. The van der Waals surface area contributed by atoms with Crippen molar-refractivity contribution in [1.29, 1.82) is 0 Å². The molecule has 0 unspecified atom stereocenters. The van der Waals surface area contributed by atoms with Crippen LogP contribution in [0.3, 0.4) is 0 Å². The molecule has 0 saturated carbocycles. The maximum Gasteiger partial charge on any atom is 0.345 e. The van der Waals surface area contributed by atoms with Gasteiger partial charge in [0.25, 0.3) is 0 Å². The van der Waals surface area contributed by atoms with Crippen LogP contribution < -0.4 is 4.74 Å². The SMILES string of the molecule is COc1ccc(SCc2cc(C(=O)O)sc2C)cc1. The Kier molecular flexibility index (Phi) is 4.50. The van der Waals surface area contributed by atoms with Crippen LogP contribution in [0.25, 0.3) is 0 Å². The Hall–Kier alpha value is -1.46. The predicted octanol–water partition coefficient (Wildman–Crippen LogP) is 4.06. The first-order valence-corrected chi connectivity index (χ1v) is 7.50. The molecule has 5 heteroatoms. The molecule has 0 atom stereocenters. The van der Waals surface area contributed by atoms with Crippen molar-refractivity contribution in [1.82, 2.24) is 0 Å². The fraction of sp³-hybridized carbons (Fsp3) is 0.214. The Morgan fingerprint density at radius 2 is 2.05 bits per heavy atom. The summed E-state index contributed by atoms with van der Waals surface area (Å²) in [7, 11) is 1.64. The third-order valence-corrected chi connectivity index (χ3v) is 4.83. The number of thiophene rings is 1. The van der Waals surface area contributed by atoms with E-state index in [1.165, 1.54) is 11.3 Å². The van der Waals surface area contributed by atoms with Crippen molar-refractivity contribution < 1.29 is 14.6 Å². The number of benzene rings is 1. The summed E-state index contributed by atoms with van der Waals surface area (Å²) < 4.78 is 5.11. The predicted molar refractivity (Wildman–Crippen MR) is 78.6 cm³/mol. The highest BCUT2D eigenvalue weighted by molar-refractivity contribution is 7.98. The van der Waals surface area contributed by atoms with Crippen molar-refractivity contribution in [2.24, 2.45) is 0 Å². The maximum atomic E-state index is 10.9. The van der Waals surface area contributed by atoms with Gasteiger partial charge in [-0.1, -0.05) is 0 Å². The molecule has 1 N–H and O–H groups in total. The van der Waals surface area contributed by atoms with Gasteiger partial charge in [0.05, 0.1) is 7.11 Å². The molecule has 0 spiro atoms. The number of carbonyl (C=O) groups is 1. The summed E-state index contributed by atoms with van der Waals surface area (Å²) in [5.74, 6) is 0.764. The van der Waals surface area contributed by atoms with Gasteiger partial charge >= 0.3 is 5.97 Å². The molecule has 2 aromatic rings. The Balaban J connectivity index is 2.03. The number of thioether (sulfide) groups is 1. The Labute approximate surface area is 120 Å². The largest absolute Gasteiger partial charge is 0.497 e. The molecule has 0 bridgehead atoms. The lowest BCUT2D eigenvalue weighted by Crippen LogP contribution is -1.90. The molecule has 1 aromatic carbocycles. The zero-order valence-electron chi connectivity index (χ0n) is 10.7. The minimum absolute atomic E-state index is 0.405. The molecular formula is C14H14O3S2. The van der Waals surface area contributed by atoms with E-state index in [9.17, 15) is 4.79 Å². The topological polar surface area (TPSA) is 46.5 Å². The zero-order chi connectivity index (χ0) is 13.8. The number of hydrogen-bond donors (Lipinski definition) is 1. The fourth-order valence-corrected chi connectivity index (χ4v) is 3.52. The maximum absolute atomic E-state index is 10.9. The van der Waals surface area contributed by atoms with Crippen LogP contribution in [0.2, 0.25) is 0 Å². The molecule has 100 valence electrons. The molecule has 0 radical (unpaired) electrons. The number of carboxylic acid groups (broad SMARTS) is 1. The van der Waals surface area contributed by atoms with Crippen molar-refractivity contribution in [3.05, 3.63) is 45.6 Å². The second kappa shape index (κ2) is 6.12. The van der Waals surface area contributed by atoms with Crippen LogP contribution in [0.1, 0.15) is 20.1 Å². The molecule has 19 heavy (non-hydrogen) atoms. The third kappa shape index (κ3) is 3.52. The van der Waals surface area contributed by atoms with Crippen LogP contribution in [-0.2, 0) is 5.75 Å². The first-order chi connectivity index (χ1) is 9.10. The van der Waals surface area contributed by atoms with Crippen molar-refractivity contribution >= 4 is 29.1 Å². The van der Waals surface area contributed by atoms with Gasteiger partial charge in [0.15, 0.2) is 0 Å². The molecule has 0 aliphatic heterocycles. The molecule has 1 heterocycles. The number of aromatic carboxylic acids is 1. The normalized spacial score (nSPS) is 10.4. The van der Waals surface area contributed by atoms with Crippen LogP contribution in [-0.4, -0.2) is 18.2 Å². The van der Waals surface area contributed by atoms with Gasteiger partial charge in [0.1, 0.15) is 10.6 Å². The van der Waals surface area contributed by atoms with E-state index < -0.39 is 5.97 Å². The number of aryl methyl sites for hydroxylation is 1. The van der Waals surface area contributed by atoms with Gasteiger partial charge in [-0.2, -0.15) is 0 Å². The van der Waals surface area contributed by atoms with Gasteiger partial charge < -0.3 is 9.84 Å². The van der Waals surface area contributed by atoms with Gasteiger partial charge in [-0.15, -0.1) is 23.1 Å². The molecule has 0 aliphatic carbocycles. The van der Waals surface area contributed by atoms with E-state index in [4.69, 9.17) is 9.84 Å². The highest BCUT2D eigenvalue weighted by Crippen LogP contribution is 2.29. The summed E-state index contributed by atoms with van der Waals surface area (Å²) >= 11 is 3.02. The van der Waals surface area contributed by atoms with Gasteiger partial charge in [0.2, 0.25) is 0 Å². The van der Waals surface area contributed by atoms with Crippen molar-refractivity contribution in [3.8, 4) is 5.75 Å². The van der Waals surface area contributed by atoms with E-state index in [2.05, 4.69) is 0 Å². The number of methoxy groups -OCH3 is 1. The molecular weight excluding hydrogens is 280 g/mol. The number of hydrogen-bond acceptors (Lipinski definition) is 4. The van der Waals surface area contributed by atoms with E-state index in [1.54, 1.807) is 24.9 Å². The van der Waals surface area contributed by atoms with Gasteiger partial charge in [-0.25, -0.2) is 4.79 Å². The van der Waals surface area contributed by atoms with Gasteiger partial charge in [-0.3, -0.25) is 0 Å². The highest BCUT2D eigenvalue weighted by atomic mass is 32.2. The second-order valence-electron chi connectivity index (χ2n) is 3.96. The van der Waals surface area contributed by atoms with Crippen molar-refractivity contribution in [3.63, 3.8) is 0 Å². The van der Waals surface area contributed by atoms with Crippen LogP contribution in [0, 0.1) is 6.92 Å². The highest BCUT2D eigenvalue weighted by Gasteiger charge is 2.11. The summed E-state index contributed by atoms with van der Waals surface area (Å²) in [6.45, 7) is 1.96. The van der Waals surface area contributed by atoms with Gasteiger partial charge in [0, 0.05) is 15.5 Å². The monoisotopic (exact) mass is 294 g/mol. The average molecular weight is 294 g/mol. The number of carboxylic acids is 1. The Morgan fingerprint density at radius 1 is 1.37 bits per heavy atom. The second-order valence-corrected chi connectivity index (χ2v) is 6.27.